The summed E-state index contributed by atoms with van der Waals surface area (Å²) in [4.78, 5) is 16.0. The quantitative estimate of drug-likeness (QED) is 0.623. The maximum Gasteiger partial charge on any atom is 0.217 e. The number of rotatable bonds is 4. The number of allylic oxidation sites excluding steroid dienone is 2. The number of likely N-dealkylation sites (N-methyl/N-ethyl adjacent to an activating group) is 1. The Morgan fingerprint density at radius 3 is 2.60 bits per heavy atom. The molecule has 20 heavy (non-hydrogen) atoms. The van der Waals surface area contributed by atoms with Crippen LogP contribution in [-0.2, 0) is 4.79 Å². The van der Waals surface area contributed by atoms with E-state index < -0.39 is 5.66 Å². The Labute approximate surface area is 120 Å². The highest BCUT2D eigenvalue weighted by Crippen LogP contribution is 2.23. The van der Waals surface area contributed by atoms with Gasteiger partial charge in [0.25, 0.3) is 0 Å². The van der Waals surface area contributed by atoms with Crippen LogP contribution in [-0.4, -0.2) is 72.4 Å². The van der Waals surface area contributed by atoms with Gasteiger partial charge >= 0.3 is 0 Å². The average Bonchev–Trinajstić information content (AvgIpc) is 2.46. The summed E-state index contributed by atoms with van der Waals surface area (Å²) >= 11 is 0. The molecule has 0 radical (unpaired) electrons. The highest BCUT2D eigenvalue weighted by atomic mass is 16.3. The zero-order chi connectivity index (χ0) is 14.6. The Morgan fingerprint density at radius 2 is 2.10 bits per heavy atom. The molecule has 0 aromatic heterocycles. The number of hydrogen-bond donors (Lipinski definition) is 3. The standard InChI is InChI=1S/C14H24N4O2/c1-12(20)16-13(11-19)14(5-3-4-6-15-14)18-9-7-17(2)8-10-18/h3-6,13,15,19H,7-11H2,1-2H3,(H,16,20)/t13-,14?/m1/s1. The van der Waals surface area contributed by atoms with E-state index >= 15 is 0 Å². The van der Waals surface area contributed by atoms with Crippen molar-refractivity contribution < 1.29 is 9.90 Å². The van der Waals surface area contributed by atoms with E-state index in [1.807, 2.05) is 24.4 Å². The van der Waals surface area contributed by atoms with Gasteiger partial charge in [-0.25, -0.2) is 0 Å². The molecule has 0 bridgehead atoms. The molecule has 2 atom stereocenters. The minimum absolute atomic E-state index is 0.114. The average molecular weight is 280 g/mol. The van der Waals surface area contributed by atoms with Gasteiger partial charge in [-0.2, -0.15) is 0 Å². The second-order valence-corrected chi connectivity index (χ2v) is 5.41. The Morgan fingerprint density at radius 1 is 1.40 bits per heavy atom. The van der Waals surface area contributed by atoms with Gasteiger partial charge in [0.2, 0.25) is 5.91 Å². The summed E-state index contributed by atoms with van der Waals surface area (Å²) < 4.78 is 0. The molecule has 2 aliphatic rings. The highest BCUT2D eigenvalue weighted by molar-refractivity contribution is 5.73. The Balaban J connectivity index is 2.22. The fraction of sp³-hybridized carbons (Fsp3) is 0.643. The van der Waals surface area contributed by atoms with Crippen molar-refractivity contribution in [3.8, 4) is 0 Å². The van der Waals surface area contributed by atoms with Crippen LogP contribution >= 0.6 is 0 Å². The van der Waals surface area contributed by atoms with Crippen molar-refractivity contribution in [2.24, 2.45) is 0 Å². The highest BCUT2D eigenvalue weighted by Gasteiger charge is 2.43. The fourth-order valence-corrected chi connectivity index (χ4v) is 2.84. The van der Waals surface area contributed by atoms with E-state index in [-0.39, 0.29) is 18.6 Å². The number of hydrogen-bond acceptors (Lipinski definition) is 5. The lowest BCUT2D eigenvalue weighted by atomic mass is 9.94. The zero-order valence-corrected chi connectivity index (χ0v) is 12.2. The van der Waals surface area contributed by atoms with E-state index in [1.54, 1.807) is 0 Å². The molecule has 112 valence electrons. The van der Waals surface area contributed by atoms with Crippen LogP contribution in [0.2, 0.25) is 0 Å². The molecule has 2 aliphatic heterocycles. The second-order valence-electron chi connectivity index (χ2n) is 5.41. The van der Waals surface area contributed by atoms with E-state index in [0.29, 0.717) is 0 Å². The van der Waals surface area contributed by atoms with E-state index in [2.05, 4.69) is 27.5 Å². The van der Waals surface area contributed by atoms with Crippen LogP contribution < -0.4 is 10.6 Å². The summed E-state index contributed by atoms with van der Waals surface area (Å²) in [6, 6.07) is -0.385. The first-order valence-corrected chi connectivity index (χ1v) is 7.02. The van der Waals surface area contributed by atoms with Gasteiger partial charge in [0.1, 0.15) is 5.66 Å². The van der Waals surface area contributed by atoms with Crippen LogP contribution in [0.4, 0.5) is 0 Å². The van der Waals surface area contributed by atoms with Crippen LogP contribution in [0.15, 0.2) is 24.4 Å². The summed E-state index contributed by atoms with van der Waals surface area (Å²) in [7, 11) is 2.10. The number of aliphatic hydroxyl groups excluding tert-OH is 1. The molecule has 2 heterocycles. The van der Waals surface area contributed by atoms with Crippen molar-refractivity contribution in [1.82, 2.24) is 20.4 Å². The molecular formula is C14H24N4O2. The largest absolute Gasteiger partial charge is 0.394 e. The first-order chi connectivity index (χ1) is 9.58. The lowest BCUT2D eigenvalue weighted by Crippen LogP contribution is -2.71. The van der Waals surface area contributed by atoms with E-state index in [9.17, 15) is 9.90 Å². The van der Waals surface area contributed by atoms with E-state index in [0.717, 1.165) is 26.2 Å². The van der Waals surface area contributed by atoms with Gasteiger partial charge < -0.3 is 20.6 Å². The number of aliphatic hydroxyl groups is 1. The molecule has 3 N–H and O–H groups in total. The van der Waals surface area contributed by atoms with Crippen molar-refractivity contribution in [1.29, 1.82) is 0 Å². The number of carbonyl (C=O) groups excluding carboxylic acids is 1. The molecule has 1 amide bonds. The first-order valence-electron chi connectivity index (χ1n) is 7.02. The molecule has 6 nitrogen and oxygen atoms in total. The van der Waals surface area contributed by atoms with E-state index in [4.69, 9.17) is 0 Å². The molecule has 0 aromatic rings. The van der Waals surface area contributed by atoms with Crippen LogP contribution in [0.3, 0.4) is 0 Å². The summed E-state index contributed by atoms with van der Waals surface area (Å²) in [5, 5.41) is 15.9. The van der Waals surface area contributed by atoms with Crippen LogP contribution in [0.1, 0.15) is 6.92 Å². The van der Waals surface area contributed by atoms with Gasteiger partial charge in [-0.05, 0) is 25.4 Å². The number of carbonyl (C=O) groups is 1. The maximum absolute atomic E-state index is 11.4. The van der Waals surface area contributed by atoms with Gasteiger partial charge in [-0.1, -0.05) is 6.08 Å². The van der Waals surface area contributed by atoms with Crippen LogP contribution in [0.25, 0.3) is 0 Å². The summed E-state index contributed by atoms with van der Waals surface area (Å²) in [5.74, 6) is -0.137. The summed E-state index contributed by atoms with van der Waals surface area (Å²) in [5.41, 5.74) is -0.559. The molecule has 1 unspecified atom stereocenters. The molecule has 1 saturated heterocycles. The van der Waals surface area contributed by atoms with Crippen molar-refractivity contribution in [2.75, 3.05) is 39.8 Å². The molecule has 0 aliphatic carbocycles. The molecule has 1 fully saturated rings. The summed E-state index contributed by atoms with van der Waals surface area (Å²) in [6.45, 7) is 5.08. The first kappa shape index (κ1) is 15.0. The Kier molecular flexibility index (Phi) is 4.80. The molecule has 2 rings (SSSR count). The number of piperazine rings is 1. The summed E-state index contributed by atoms with van der Waals surface area (Å²) in [6.07, 6.45) is 7.76. The van der Waals surface area contributed by atoms with Crippen molar-refractivity contribution >= 4 is 5.91 Å². The fourth-order valence-electron chi connectivity index (χ4n) is 2.84. The van der Waals surface area contributed by atoms with Crippen molar-refractivity contribution in [2.45, 2.75) is 18.6 Å². The van der Waals surface area contributed by atoms with Crippen LogP contribution in [0, 0.1) is 0 Å². The van der Waals surface area contributed by atoms with Gasteiger partial charge in [0.15, 0.2) is 0 Å². The predicted octanol–water partition coefficient (Wildman–Crippen LogP) is -0.900. The smallest absolute Gasteiger partial charge is 0.217 e. The number of amides is 1. The molecular weight excluding hydrogens is 256 g/mol. The SMILES string of the molecule is CC(=O)N[C@H](CO)C1(N2CCN(C)CC2)C=CC=CN1. The number of nitrogens with zero attached hydrogens (tertiary/aromatic N) is 2. The maximum atomic E-state index is 11.4. The lowest BCUT2D eigenvalue weighted by Gasteiger charge is -2.50. The van der Waals surface area contributed by atoms with Crippen molar-refractivity contribution in [3.63, 3.8) is 0 Å². The molecule has 6 heteroatoms. The van der Waals surface area contributed by atoms with Gasteiger partial charge in [-0.3, -0.25) is 9.69 Å². The Hall–Kier alpha value is -1.37. The third-order valence-corrected chi connectivity index (χ3v) is 3.99. The zero-order valence-electron chi connectivity index (χ0n) is 12.2. The third-order valence-electron chi connectivity index (χ3n) is 3.99. The topological polar surface area (TPSA) is 67.8 Å². The normalized spacial score (nSPS) is 28.9. The van der Waals surface area contributed by atoms with Crippen molar-refractivity contribution in [3.05, 3.63) is 24.4 Å². The monoisotopic (exact) mass is 280 g/mol. The number of dihydropyridines is 1. The Bertz CT molecular complexity index is 402. The van der Waals surface area contributed by atoms with Gasteiger partial charge in [0.05, 0.1) is 12.6 Å². The molecule has 0 spiro atoms. The molecule has 0 saturated carbocycles. The molecule has 0 aromatic carbocycles. The number of nitrogens with one attached hydrogen (secondary N) is 2. The third kappa shape index (κ3) is 3.03. The lowest BCUT2D eigenvalue weighted by molar-refractivity contribution is -0.121. The van der Waals surface area contributed by atoms with E-state index in [1.165, 1.54) is 6.92 Å². The minimum Gasteiger partial charge on any atom is -0.394 e. The van der Waals surface area contributed by atoms with Gasteiger partial charge in [0, 0.05) is 33.1 Å². The predicted molar refractivity (Wildman–Crippen MR) is 77.9 cm³/mol. The van der Waals surface area contributed by atoms with Gasteiger partial charge in [-0.15, -0.1) is 0 Å². The van der Waals surface area contributed by atoms with Crippen LogP contribution in [0.5, 0.6) is 0 Å². The second kappa shape index (κ2) is 6.39. The minimum atomic E-state index is -0.559.